The highest BCUT2D eigenvalue weighted by atomic mass is 32.2. The Hall–Kier alpha value is -0.680. The van der Waals surface area contributed by atoms with Crippen LogP contribution in [-0.2, 0) is 23.8 Å². The third-order valence-corrected chi connectivity index (χ3v) is 2.87. The van der Waals surface area contributed by atoms with Crippen LogP contribution in [0, 0.1) is 12.8 Å². The van der Waals surface area contributed by atoms with Crippen molar-refractivity contribution in [1.29, 1.82) is 0 Å². The summed E-state index contributed by atoms with van der Waals surface area (Å²) in [7, 11) is -0.938. The number of hydrogen-bond acceptors (Lipinski definition) is 2. The number of nitrogens with one attached hydrogen (secondary N) is 2. The average Bonchev–Trinajstić information content (AvgIpc) is 2.44. The van der Waals surface area contributed by atoms with E-state index in [1.54, 1.807) is 6.26 Å². The summed E-state index contributed by atoms with van der Waals surface area (Å²) in [6.45, 7) is 7.07. The van der Waals surface area contributed by atoms with Crippen molar-refractivity contribution >= 4 is 11.0 Å². The summed E-state index contributed by atoms with van der Waals surface area (Å²) in [4.78, 5) is 7.77. The van der Waals surface area contributed by atoms with Gasteiger partial charge >= 0.3 is 0 Å². The van der Waals surface area contributed by atoms with Gasteiger partial charge in [0.15, 0.2) is 0 Å². The highest BCUT2D eigenvalue weighted by Crippen LogP contribution is 2.11. The van der Waals surface area contributed by atoms with E-state index < -0.39 is 11.0 Å². The maximum atomic E-state index is 10.9. The molecule has 0 radical (unpaired) electrons. The van der Waals surface area contributed by atoms with Gasteiger partial charge in [0, 0.05) is 24.9 Å². The molecule has 0 spiro atoms. The van der Waals surface area contributed by atoms with Gasteiger partial charge in [-0.05, 0) is 19.3 Å². The summed E-state index contributed by atoms with van der Waals surface area (Å²) in [5.74, 6) is 1.58. The second kappa shape index (κ2) is 6.15. The Labute approximate surface area is 99.8 Å². The van der Waals surface area contributed by atoms with E-state index in [4.69, 9.17) is 0 Å². The van der Waals surface area contributed by atoms with Gasteiger partial charge in [0.05, 0.1) is 16.7 Å². The molecule has 0 saturated heterocycles. The standard InChI is InChI=1S/C11H21N3OS/c1-8(2)7-11-10(13-9(3)14-11)5-6-12-16(4)15/h8,12H,5-7H2,1-4H3,(H,13,14). The lowest BCUT2D eigenvalue weighted by molar-refractivity contribution is 0.630. The van der Waals surface area contributed by atoms with Crippen LogP contribution in [0.3, 0.4) is 0 Å². The van der Waals surface area contributed by atoms with Crippen LogP contribution in [0.2, 0.25) is 0 Å². The van der Waals surface area contributed by atoms with E-state index in [2.05, 4.69) is 28.5 Å². The Morgan fingerprint density at radius 2 is 2.19 bits per heavy atom. The molecule has 0 saturated carbocycles. The highest BCUT2D eigenvalue weighted by molar-refractivity contribution is 7.82. The molecule has 1 aromatic heterocycles. The Morgan fingerprint density at radius 1 is 1.50 bits per heavy atom. The second-order valence-electron chi connectivity index (χ2n) is 4.44. The van der Waals surface area contributed by atoms with Crippen LogP contribution < -0.4 is 4.72 Å². The molecule has 0 fully saturated rings. The first kappa shape index (κ1) is 13.4. The van der Waals surface area contributed by atoms with Crippen LogP contribution in [-0.4, -0.2) is 27.0 Å². The Balaban J connectivity index is 2.59. The van der Waals surface area contributed by atoms with E-state index in [1.165, 1.54) is 5.69 Å². The van der Waals surface area contributed by atoms with E-state index in [9.17, 15) is 4.21 Å². The average molecular weight is 243 g/mol. The van der Waals surface area contributed by atoms with Crippen LogP contribution in [0.5, 0.6) is 0 Å². The molecule has 2 N–H and O–H groups in total. The summed E-state index contributed by atoms with van der Waals surface area (Å²) in [6, 6.07) is 0. The third kappa shape index (κ3) is 4.45. The van der Waals surface area contributed by atoms with E-state index in [0.717, 1.165) is 24.4 Å². The number of hydrogen-bond donors (Lipinski definition) is 2. The number of aryl methyl sites for hydroxylation is 1. The molecule has 0 bridgehead atoms. The highest BCUT2D eigenvalue weighted by Gasteiger charge is 2.09. The van der Waals surface area contributed by atoms with Gasteiger partial charge in [-0.25, -0.2) is 13.9 Å². The van der Waals surface area contributed by atoms with Crippen LogP contribution in [0.25, 0.3) is 0 Å². The minimum absolute atomic E-state index is 0.617. The molecule has 1 unspecified atom stereocenters. The fourth-order valence-corrected chi connectivity index (χ4v) is 2.07. The normalized spacial score (nSPS) is 13.3. The maximum absolute atomic E-state index is 10.9. The molecule has 5 heteroatoms. The molecule has 4 nitrogen and oxygen atoms in total. The monoisotopic (exact) mass is 243 g/mol. The SMILES string of the molecule is Cc1nc(CCNS(C)=O)c(CC(C)C)[nH]1. The van der Waals surface area contributed by atoms with Gasteiger partial charge in [-0.3, -0.25) is 0 Å². The fraction of sp³-hybridized carbons (Fsp3) is 0.727. The zero-order chi connectivity index (χ0) is 12.1. The van der Waals surface area contributed by atoms with Gasteiger partial charge in [-0.15, -0.1) is 0 Å². The van der Waals surface area contributed by atoms with Gasteiger partial charge in [0.25, 0.3) is 0 Å². The summed E-state index contributed by atoms with van der Waals surface area (Å²) < 4.78 is 13.8. The smallest absolute Gasteiger partial charge is 0.103 e. The van der Waals surface area contributed by atoms with Crippen LogP contribution in [0.15, 0.2) is 0 Å². The van der Waals surface area contributed by atoms with Crippen molar-refractivity contribution in [2.75, 3.05) is 12.8 Å². The molecular formula is C11H21N3OS. The largest absolute Gasteiger partial charge is 0.346 e. The first-order valence-corrected chi connectivity index (χ1v) is 7.16. The lowest BCUT2D eigenvalue weighted by Gasteiger charge is -2.05. The minimum Gasteiger partial charge on any atom is -0.346 e. The van der Waals surface area contributed by atoms with Crippen molar-refractivity contribution in [3.8, 4) is 0 Å². The number of aromatic amines is 1. The van der Waals surface area contributed by atoms with E-state index in [0.29, 0.717) is 12.5 Å². The van der Waals surface area contributed by atoms with Crippen molar-refractivity contribution in [2.24, 2.45) is 5.92 Å². The zero-order valence-electron chi connectivity index (χ0n) is 10.5. The fourth-order valence-electron chi connectivity index (χ4n) is 1.69. The first-order valence-electron chi connectivity index (χ1n) is 5.60. The lowest BCUT2D eigenvalue weighted by atomic mass is 10.1. The predicted octanol–water partition coefficient (Wildman–Crippen LogP) is 1.34. The first-order chi connectivity index (χ1) is 7.49. The quantitative estimate of drug-likeness (QED) is 0.792. The predicted molar refractivity (Wildman–Crippen MR) is 67.6 cm³/mol. The van der Waals surface area contributed by atoms with Crippen LogP contribution in [0.4, 0.5) is 0 Å². The van der Waals surface area contributed by atoms with Crippen LogP contribution in [0.1, 0.15) is 31.1 Å². The van der Waals surface area contributed by atoms with Gasteiger partial charge in [0.1, 0.15) is 5.82 Å². The number of imidazole rings is 1. The van der Waals surface area contributed by atoms with Crippen molar-refractivity contribution in [2.45, 2.75) is 33.6 Å². The minimum atomic E-state index is -0.938. The van der Waals surface area contributed by atoms with Crippen molar-refractivity contribution < 1.29 is 4.21 Å². The molecule has 0 aliphatic carbocycles. The summed E-state index contributed by atoms with van der Waals surface area (Å²) >= 11 is 0. The molecule has 1 rings (SSSR count). The molecule has 0 aromatic carbocycles. The maximum Gasteiger partial charge on any atom is 0.103 e. The number of aromatic nitrogens is 2. The Morgan fingerprint density at radius 3 is 2.75 bits per heavy atom. The Kier molecular flexibility index (Phi) is 5.15. The Bertz CT molecular complexity index is 360. The molecule has 0 aliphatic rings. The van der Waals surface area contributed by atoms with Crippen molar-refractivity contribution in [1.82, 2.24) is 14.7 Å². The number of H-pyrrole nitrogens is 1. The molecule has 92 valence electrons. The molecule has 0 aliphatic heterocycles. The number of nitrogens with zero attached hydrogens (tertiary/aromatic N) is 1. The molecule has 16 heavy (non-hydrogen) atoms. The van der Waals surface area contributed by atoms with Crippen molar-refractivity contribution in [3.63, 3.8) is 0 Å². The van der Waals surface area contributed by atoms with E-state index in [-0.39, 0.29) is 0 Å². The molecule has 1 atom stereocenters. The summed E-state index contributed by atoms with van der Waals surface area (Å²) in [6.07, 6.45) is 3.49. The van der Waals surface area contributed by atoms with Gasteiger partial charge in [0.2, 0.25) is 0 Å². The van der Waals surface area contributed by atoms with E-state index in [1.807, 2.05) is 6.92 Å². The summed E-state index contributed by atoms with van der Waals surface area (Å²) in [5.41, 5.74) is 2.32. The second-order valence-corrected chi connectivity index (χ2v) is 5.64. The zero-order valence-corrected chi connectivity index (χ0v) is 11.3. The van der Waals surface area contributed by atoms with Gasteiger partial charge < -0.3 is 4.98 Å². The molecule has 1 aromatic rings. The third-order valence-electron chi connectivity index (χ3n) is 2.26. The van der Waals surface area contributed by atoms with Crippen LogP contribution >= 0.6 is 0 Å². The van der Waals surface area contributed by atoms with Crippen molar-refractivity contribution in [3.05, 3.63) is 17.2 Å². The topological polar surface area (TPSA) is 57.8 Å². The molecular weight excluding hydrogens is 222 g/mol. The lowest BCUT2D eigenvalue weighted by Crippen LogP contribution is -2.19. The number of rotatable bonds is 6. The summed E-state index contributed by atoms with van der Waals surface area (Å²) in [5, 5.41) is 0. The molecule has 0 amide bonds. The van der Waals surface area contributed by atoms with Gasteiger partial charge in [-0.1, -0.05) is 13.8 Å². The van der Waals surface area contributed by atoms with Gasteiger partial charge in [-0.2, -0.15) is 0 Å². The molecule has 1 heterocycles. The van der Waals surface area contributed by atoms with E-state index >= 15 is 0 Å².